The van der Waals surface area contributed by atoms with Gasteiger partial charge in [0.2, 0.25) is 0 Å². The molecule has 0 aromatic heterocycles. The summed E-state index contributed by atoms with van der Waals surface area (Å²) in [6, 6.07) is 0. The first-order valence-corrected chi connectivity index (χ1v) is 7.93. The molecule has 3 unspecified atom stereocenters. The molecule has 0 radical (unpaired) electrons. The zero-order chi connectivity index (χ0) is 13.0. The molecule has 1 aliphatic heterocycles. The van der Waals surface area contributed by atoms with E-state index in [0.29, 0.717) is 11.7 Å². The van der Waals surface area contributed by atoms with Crippen molar-refractivity contribution in [2.24, 2.45) is 17.3 Å². The molecule has 1 heterocycles. The summed E-state index contributed by atoms with van der Waals surface area (Å²) in [5.41, 5.74) is -0.0191. The Kier molecular flexibility index (Phi) is 4.83. The second-order valence-corrected chi connectivity index (χ2v) is 6.64. The van der Waals surface area contributed by atoms with Gasteiger partial charge in [0, 0.05) is 17.9 Å². The van der Waals surface area contributed by atoms with E-state index in [0.717, 1.165) is 51.1 Å². The molecule has 0 spiro atoms. The minimum absolute atomic E-state index is 0.0191. The summed E-state index contributed by atoms with van der Waals surface area (Å²) < 4.78 is 0. The molecule has 104 valence electrons. The van der Waals surface area contributed by atoms with E-state index < -0.39 is 0 Å². The van der Waals surface area contributed by atoms with Crippen LogP contribution in [0.5, 0.6) is 0 Å². The number of carbonyl (C=O) groups is 1. The van der Waals surface area contributed by atoms with Gasteiger partial charge in [-0.1, -0.05) is 33.1 Å². The molecule has 2 fully saturated rings. The molecular formula is C16H29NO. The highest BCUT2D eigenvalue weighted by Crippen LogP contribution is 2.40. The molecule has 1 saturated carbocycles. The van der Waals surface area contributed by atoms with Gasteiger partial charge in [-0.05, 0) is 44.6 Å². The first-order valence-electron chi connectivity index (χ1n) is 7.93. The van der Waals surface area contributed by atoms with Crippen LogP contribution in [0.4, 0.5) is 0 Å². The van der Waals surface area contributed by atoms with Crippen LogP contribution in [-0.4, -0.2) is 18.9 Å². The van der Waals surface area contributed by atoms with Gasteiger partial charge in [-0.15, -0.1) is 0 Å². The van der Waals surface area contributed by atoms with Gasteiger partial charge in [0.15, 0.2) is 0 Å². The third-order valence-electron chi connectivity index (χ3n) is 5.03. The molecule has 1 saturated heterocycles. The normalized spacial score (nSPS) is 37.4. The maximum atomic E-state index is 13.0. The minimum Gasteiger partial charge on any atom is -0.316 e. The van der Waals surface area contributed by atoms with Crippen molar-refractivity contribution in [3.8, 4) is 0 Å². The van der Waals surface area contributed by atoms with E-state index in [1.807, 2.05) is 0 Å². The van der Waals surface area contributed by atoms with Gasteiger partial charge in [0.1, 0.15) is 5.78 Å². The van der Waals surface area contributed by atoms with Gasteiger partial charge in [-0.2, -0.15) is 0 Å². The number of ketones is 1. The molecule has 0 amide bonds. The Morgan fingerprint density at radius 3 is 2.78 bits per heavy atom. The van der Waals surface area contributed by atoms with Crippen molar-refractivity contribution in [2.75, 3.05) is 13.1 Å². The van der Waals surface area contributed by atoms with Gasteiger partial charge >= 0.3 is 0 Å². The average molecular weight is 251 g/mol. The Labute approximate surface area is 112 Å². The Hall–Kier alpha value is -0.370. The van der Waals surface area contributed by atoms with E-state index in [9.17, 15) is 4.79 Å². The molecule has 0 bridgehead atoms. The fourth-order valence-electron chi connectivity index (χ4n) is 4.10. The van der Waals surface area contributed by atoms with Crippen LogP contribution in [0.2, 0.25) is 0 Å². The lowest BCUT2D eigenvalue weighted by Gasteiger charge is -2.40. The molecule has 2 rings (SSSR count). The van der Waals surface area contributed by atoms with Gasteiger partial charge in [-0.3, -0.25) is 4.79 Å². The van der Waals surface area contributed by atoms with Crippen LogP contribution in [0.15, 0.2) is 0 Å². The lowest BCUT2D eigenvalue weighted by molar-refractivity contribution is -0.136. The van der Waals surface area contributed by atoms with Crippen LogP contribution in [0.1, 0.15) is 65.2 Å². The highest BCUT2D eigenvalue weighted by atomic mass is 16.1. The summed E-state index contributed by atoms with van der Waals surface area (Å²) in [5.74, 6) is 1.71. The molecule has 2 nitrogen and oxygen atoms in total. The fraction of sp³-hybridized carbons (Fsp3) is 0.938. The largest absolute Gasteiger partial charge is 0.316 e. The maximum absolute atomic E-state index is 13.0. The second-order valence-electron chi connectivity index (χ2n) is 6.64. The van der Waals surface area contributed by atoms with Crippen LogP contribution in [0.3, 0.4) is 0 Å². The SMILES string of the molecule is CCCC1(C(=O)C2CCCC(C)C2)CCCNC1. The van der Waals surface area contributed by atoms with Crippen molar-refractivity contribution in [1.82, 2.24) is 5.32 Å². The Morgan fingerprint density at radius 1 is 1.33 bits per heavy atom. The van der Waals surface area contributed by atoms with Crippen molar-refractivity contribution in [2.45, 2.75) is 65.2 Å². The summed E-state index contributed by atoms with van der Waals surface area (Å²) in [6.45, 7) is 6.56. The van der Waals surface area contributed by atoms with Crippen LogP contribution in [0.25, 0.3) is 0 Å². The smallest absolute Gasteiger partial charge is 0.143 e. The number of nitrogens with one attached hydrogen (secondary N) is 1. The lowest BCUT2D eigenvalue weighted by Crippen LogP contribution is -2.48. The van der Waals surface area contributed by atoms with Crippen LogP contribution >= 0.6 is 0 Å². The maximum Gasteiger partial charge on any atom is 0.143 e. The summed E-state index contributed by atoms with van der Waals surface area (Å²) in [7, 11) is 0. The van der Waals surface area contributed by atoms with E-state index in [1.54, 1.807) is 0 Å². The summed E-state index contributed by atoms with van der Waals surface area (Å²) >= 11 is 0. The van der Waals surface area contributed by atoms with E-state index in [-0.39, 0.29) is 5.41 Å². The average Bonchev–Trinajstić information content (AvgIpc) is 2.39. The van der Waals surface area contributed by atoms with Crippen molar-refractivity contribution in [3.05, 3.63) is 0 Å². The van der Waals surface area contributed by atoms with Gasteiger partial charge in [0.25, 0.3) is 0 Å². The van der Waals surface area contributed by atoms with Gasteiger partial charge in [-0.25, -0.2) is 0 Å². The second kappa shape index (κ2) is 6.18. The molecule has 0 aromatic rings. The molecule has 2 aliphatic rings. The number of carbonyl (C=O) groups excluding carboxylic acids is 1. The van der Waals surface area contributed by atoms with Crippen molar-refractivity contribution in [3.63, 3.8) is 0 Å². The number of hydrogen-bond acceptors (Lipinski definition) is 2. The third-order valence-corrected chi connectivity index (χ3v) is 5.03. The summed E-state index contributed by atoms with van der Waals surface area (Å²) in [4.78, 5) is 13.0. The highest BCUT2D eigenvalue weighted by Gasteiger charge is 2.42. The van der Waals surface area contributed by atoms with Crippen molar-refractivity contribution in [1.29, 1.82) is 0 Å². The van der Waals surface area contributed by atoms with Crippen LogP contribution in [-0.2, 0) is 4.79 Å². The monoisotopic (exact) mass is 251 g/mol. The van der Waals surface area contributed by atoms with E-state index in [2.05, 4.69) is 19.2 Å². The molecule has 2 heteroatoms. The lowest BCUT2D eigenvalue weighted by atomic mass is 9.66. The number of rotatable bonds is 4. The predicted octanol–water partition coefficient (Wildman–Crippen LogP) is 3.55. The standard InChI is InChI=1S/C16H29NO/c1-3-8-16(9-5-10-17-12-16)15(18)14-7-4-6-13(2)11-14/h13-14,17H,3-12H2,1-2H3. The van der Waals surface area contributed by atoms with E-state index >= 15 is 0 Å². The number of hydrogen-bond donors (Lipinski definition) is 1. The van der Waals surface area contributed by atoms with E-state index in [1.165, 1.54) is 19.3 Å². The number of Topliss-reactive ketones (excluding diaryl/α,β-unsaturated/α-hetero) is 1. The number of piperidine rings is 1. The predicted molar refractivity (Wildman–Crippen MR) is 75.6 cm³/mol. The first-order chi connectivity index (χ1) is 8.68. The van der Waals surface area contributed by atoms with Crippen LogP contribution in [0, 0.1) is 17.3 Å². The molecule has 18 heavy (non-hydrogen) atoms. The van der Waals surface area contributed by atoms with Crippen molar-refractivity contribution >= 4 is 5.78 Å². The zero-order valence-electron chi connectivity index (χ0n) is 12.1. The Morgan fingerprint density at radius 2 is 2.17 bits per heavy atom. The Bertz CT molecular complexity index is 275. The quantitative estimate of drug-likeness (QED) is 0.828. The van der Waals surface area contributed by atoms with Crippen LogP contribution < -0.4 is 5.32 Å². The fourth-order valence-corrected chi connectivity index (χ4v) is 4.10. The third kappa shape index (κ3) is 2.96. The topological polar surface area (TPSA) is 29.1 Å². The first kappa shape index (κ1) is 14.0. The van der Waals surface area contributed by atoms with Crippen molar-refractivity contribution < 1.29 is 4.79 Å². The minimum atomic E-state index is -0.0191. The van der Waals surface area contributed by atoms with Gasteiger partial charge in [0.05, 0.1) is 0 Å². The molecule has 0 aromatic carbocycles. The molecule has 1 aliphatic carbocycles. The highest BCUT2D eigenvalue weighted by molar-refractivity contribution is 5.87. The summed E-state index contributed by atoms with van der Waals surface area (Å²) in [6.07, 6.45) is 9.39. The molecular weight excluding hydrogens is 222 g/mol. The van der Waals surface area contributed by atoms with E-state index in [4.69, 9.17) is 0 Å². The van der Waals surface area contributed by atoms with Gasteiger partial charge < -0.3 is 5.32 Å². The summed E-state index contributed by atoms with van der Waals surface area (Å²) in [5, 5.41) is 3.47. The Balaban J connectivity index is 2.07. The molecule has 3 atom stereocenters. The molecule has 1 N–H and O–H groups in total. The zero-order valence-corrected chi connectivity index (χ0v) is 12.1.